The van der Waals surface area contributed by atoms with Gasteiger partial charge in [0.1, 0.15) is 17.6 Å². The van der Waals surface area contributed by atoms with E-state index >= 15 is 0 Å². The summed E-state index contributed by atoms with van der Waals surface area (Å²) in [5.74, 6) is 1.78. The van der Waals surface area contributed by atoms with E-state index in [1.807, 2.05) is 50.2 Å². The lowest BCUT2D eigenvalue weighted by atomic mass is 10.2. The molecule has 2 aromatic rings. The molecule has 2 aromatic carbocycles. The highest BCUT2D eigenvalue weighted by atomic mass is 16.5. The number of hydrogen-bond acceptors (Lipinski definition) is 3. The van der Waals surface area contributed by atoms with Crippen molar-refractivity contribution < 1.29 is 9.47 Å². The number of rotatable bonds is 8. The Morgan fingerprint density at radius 2 is 1.61 bits per heavy atom. The highest BCUT2D eigenvalue weighted by Gasteiger charge is 2.08. The van der Waals surface area contributed by atoms with Gasteiger partial charge < -0.3 is 14.8 Å². The zero-order valence-corrected chi connectivity index (χ0v) is 14.5. The summed E-state index contributed by atoms with van der Waals surface area (Å²) in [6.07, 6.45) is 1.27. The molecule has 1 atom stereocenters. The van der Waals surface area contributed by atoms with E-state index in [2.05, 4.69) is 31.3 Å². The van der Waals surface area contributed by atoms with Gasteiger partial charge in [0, 0.05) is 0 Å². The number of nitrogens with one attached hydrogen (secondary N) is 1. The molecule has 0 aliphatic carbocycles. The van der Waals surface area contributed by atoms with Crippen LogP contribution in [0.1, 0.15) is 33.3 Å². The lowest BCUT2D eigenvalue weighted by molar-refractivity contribution is 0.232. The molecule has 0 spiro atoms. The summed E-state index contributed by atoms with van der Waals surface area (Å²) >= 11 is 0. The Balaban J connectivity index is 1.89. The molecule has 0 aromatic heterocycles. The van der Waals surface area contributed by atoms with E-state index < -0.39 is 0 Å². The van der Waals surface area contributed by atoms with Crippen LogP contribution in [0.25, 0.3) is 0 Å². The first-order chi connectivity index (χ1) is 11.1. The molecule has 0 aliphatic heterocycles. The van der Waals surface area contributed by atoms with Gasteiger partial charge in [-0.25, -0.2) is 0 Å². The van der Waals surface area contributed by atoms with Crippen LogP contribution in [0.2, 0.25) is 0 Å². The van der Waals surface area contributed by atoms with Gasteiger partial charge in [-0.1, -0.05) is 31.2 Å². The van der Waals surface area contributed by atoms with E-state index in [0.29, 0.717) is 6.54 Å². The number of anilines is 1. The van der Waals surface area contributed by atoms with Crippen LogP contribution in [-0.2, 0) is 6.42 Å². The van der Waals surface area contributed by atoms with Crippen molar-refractivity contribution >= 4 is 5.69 Å². The van der Waals surface area contributed by atoms with Gasteiger partial charge in [0.15, 0.2) is 0 Å². The third kappa shape index (κ3) is 5.51. The van der Waals surface area contributed by atoms with Gasteiger partial charge in [0.05, 0.1) is 18.3 Å². The zero-order valence-electron chi connectivity index (χ0n) is 14.5. The van der Waals surface area contributed by atoms with Crippen LogP contribution >= 0.6 is 0 Å². The number of aryl methyl sites for hydroxylation is 1. The van der Waals surface area contributed by atoms with Crippen molar-refractivity contribution in [3.05, 3.63) is 54.1 Å². The summed E-state index contributed by atoms with van der Waals surface area (Å²) in [6.45, 7) is 8.99. The fourth-order valence-corrected chi connectivity index (χ4v) is 2.30. The average molecular weight is 313 g/mol. The van der Waals surface area contributed by atoms with E-state index in [1.54, 1.807) is 0 Å². The van der Waals surface area contributed by atoms with Gasteiger partial charge in [-0.05, 0) is 57.0 Å². The fourth-order valence-electron chi connectivity index (χ4n) is 2.30. The maximum Gasteiger partial charge on any atom is 0.142 e. The third-order valence-electron chi connectivity index (χ3n) is 3.50. The summed E-state index contributed by atoms with van der Waals surface area (Å²) in [6, 6.07) is 16.3. The van der Waals surface area contributed by atoms with Crippen LogP contribution < -0.4 is 14.8 Å². The standard InChI is InChI=1S/C20H27NO2/c1-5-17-10-12-18(13-11-17)23-16(4)14-21-19-8-6-7-9-20(19)22-15(2)3/h6-13,15-16,21H,5,14H2,1-4H3. The highest BCUT2D eigenvalue weighted by Crippen LogP contribution is 2.25. The van der Waals surface area contributed by atoms with Crippen LogP contribution in [0, 0.1) is 0 Å². The van der Waals surface area contributed by atoms with Crippen molar-refractivity contribution in [2.24, 2.45) is 0 Å². The van der Waals surface area contributed by atoms with Crippen molar-refractivity contribution in [3.8, 4) is 11.5 Å². The number of benzene rings is 2. The first-order valence-electron chi connectivity index (χ1n) is 8.33. The maximum absolute atomic E-state index is 5.95. The lowest BCUT2D eigenvalue weighted by Crippen LogP contribution is -2.23. The molecule has 124 valence electrons. The summed E-state index contributed by atoms with van der Waals surface area (Å²) in [5.41, 5.74) is 2.32. The van der Waals surface area contributed by atoms with Crippen LogP contribution in [0.15, 0.2) is 48.5 Å². The SMILES string of the molecule is CCc1ccc(OC(C)CNc2ccccc2OC(C)C)cc1. The first-order valence-corrected chi connectivity index (χ1v) is 8.33. The first kappa shape index (κ1) is 17.2. The molecule has 23 heavy (non-hydrogen) atoms. The Hall–Kier alpha value is -2.16. The van der Waals surface area contributed by atoms with E-state index in [9.17, 15) is 0 Å². The Bertz CT molecular complexity index is 593. The van der Waals surface area contributed by atoms with Gasteiger partial charge in [0.2, 0.25) is 0 Å². The molecule has 0 bridgehead atoms. The summed E-state index contributed by atoms with van der Waals surface area (Å²) in [5, 5.41) is 3.41. The second kappa shape index (κ2) is 8.47. The molecule has 3 heteroatoms. The second-order valence-electron chi connectivity index (χ2n) is 5.97. The van der Waals surface area contributed by atoms with Crippen LogP contribution in [0.5, 0.6) is 11.5 Å². The smallest absolute Gasteiger partial charge is 0.142 e. The van der Waals surface area contributed by atoms with Gasteiger partial charge >= 0.3 is 0 Å². The molecule has 0 fully saturated rings. The van der Waals surface area contributed by atoms with Gasteiger partial charge in [-0.15, -0.1) is 0 Å². The van der Waals surface area contributed by atoms with E-state index in [4.69, 9.17) is 9.47 Å². The Morgan fingerprint density at radius 1 is 0.913 bits per heavy atom. The number of hydrogen-bond donors (Lipinski definition) is 1. The molecule has 0 saturated carbocycles. The normalized spacial score (nSPS) is 12.0. The zero-order chi connectivity index (χ0) is 16.7. The average Bonchev–Trinajstić information content (AvgIpc) is 2.54. The minimum Gasteiger partial charge on any atom is -0.489 e. The molecular weight excluding hydrogens is 286 g/mol. The lowest BCUT2D eigenvalue weighted by Gasteiger charge is -2.19. The van der Waals surface area contributed by atoms with Gasteiger partial charge in [-0.2, -0.15) is 0 Å². The molecule has 1 unspecified atom stereocenters. The summed E-state index contributed by atoms with van der Waals surface area (Å²) in [7, 11) is 0. The summed E-state index contributed by atoms with van der Waals surface area (Å²) in [4.78, 5) is 0. The van der Waals surface area contributed by atoms with Crippen LogP contribution in [0.3, 0.4) is 0 Å². The predicted molar refractivity (Wildman–Crippen MR) is 96.6 cm³/mol. The molecule has 0 aliphatic rings. The molecule has 3 nitrogen and oxygen atoms in total. The van der Waals surface area contributed by atoms with Crippen molar-refractivity contribution in [1.29, 1.82) is 0 Å². The monoisotopic (exact) mass is 313 g/mol. The third-order valence-corrected chi connectivity index (χ3v) is 3.50. The van der Waals surface area contributed by atoms with Crippen molar-refractivity contribution in [1.82, 2.24) is 0 Å². The van der Waals surface area contributed by atoms with E-state index in [-0.39, 0.29) is 12.2 Å². The van der Waals surface area contributed by atoms with Crippen molar-refractivity contribution in [2.45, 2.75) is 46.3 Å². The minimum atomic E-state index is 0.0644. The molecule has 1 N–H and O–H groups in total. The predicted octanol–water partition coefficient (Wildman–Crippen LogP) is 4.92. The van der Waals surface area contributed by atoms with Gasteiger partial charge in [0.25, 0.3) is 0 Å². The van der Waals surface area contributed by atoms with E-state index in [1.165, 1.54) is 5.56 Å². The fraction of sp³-hybridized carbons (Fsp3) is 0.400. The minimum absolute atomic E-state index is 0.0644. The number of ether oxygens (including phenoxy) is 2. The van der Waals surface area contributed by atoms with Crippen molar-refractivity contribution in [3.63, 3.8) is 0 Å². The van der Waals surface area contributed by atoms with E-state index in [0.717, 1.165) is 23.6 Å². The Labute approximate surface area is 139 Å². The van der Waals surface area contributed by atoms with Crippen LogP contribution in [-0.4, -0.2) is 18.8 Å². The Morgan fingerprint density at radius 3 is 2.26 bits per heavy atom. The quantitative estimate of drug-likeness (QED) is 0.750. The Kier molecular flexibility index (Phi) is 6.33. The van der Waals surface area contributed by atoms with Gasteiger partial charge in [-0.3, -0.25) is 0 Å². The highest BCUT2D eigenvalue weighted by molar-refractivity contribution is 5.56. The van der Waals surface area contributed by atoms with Crippen LogP contribution in [0.4, 0.5) is 5.69 Å². The summed E-state index contributed by atoms with van der Waals surface area (Å²) < 4.78 is 11.8. The molecular formula is C20H27NO2. The van der Waals surface area contributed by atoms with Crippen molar-refractivity contribution in [2.75, 3.05) is 11.9 Å². The molecule has 0 heterocycles. The molecule has 0 radical (unpaired) electrons. The number of para-hydroxylation sites is 2. The maximum atomic E-state index is 5.95. The molecule has 0 amide bonds. The topological polar surface area (TPSA) is 30.5 Å². The molecule has 2 rings (SSSR count). The second-order valence-corrected chi connectivity index (χ2v) is 5.97. The largest absolute Gasteiger partial charge is 0.489 e. The molecule has 0 saturated heterocycles.